The van der Waals surface area contributed by atoms with Crippen LogP contribution in [0.3, 0.4) is 0 Å². The molecule has 0 spiro atoms. The zero-order valence-corrected chi connectivity index (χ0v) is 12.9. The van der Waals surface area contributed by atoms with Crippen molar-refractivity contribution in [3.63, 3.8) is 0 Å². The summed E-state index contributed by atoms with van der Waals surface area (Å²) in [4.78, 5) is 8.48. The number of hydrogen-bond donors (Lipinski definition) is 3. The lowest BCUT2D eigenvalue weighted by atomic mass is 10.3. The highest BCUT2D eigenvalue weighted by atomic mass is 19.1. The van der Waals surface area contributed by atoms with E-state index >= 15 is 0 Å². The first-order valence-corrected chi connectivity index (χ1v) is 7.44. The van der Waals surface area contributed by atoms with Crippen molar-refractivity contribution in [2.24, 2.45) is 0 Å². The third-order valence-electron chi connectivity index (χ3n) is 3.69. The molecule has 0 saturated heterocycles. The SMILES string of the molecule is Nc1nc(Nc2c(O)cccc2F)nc2c1cnn2-c1ccccc1. The Morgan fingerprint density at radius 3 is 2.60 bits per heavy atom. The van der Waals surface area contributed by atoms with E-state index in [4.69, 9.17) is 5.73 Å². The van der Waals surface area contributed by atoms with E-state index < -0.39 is 5.82 Å². The number of para-hydroxylation sites is 2. The number of halogens is 1. The van der Waals surface area contributed by atoms with Crippen molar-refractivity contribution in [2.45, 2.75) is 0 Å². The number of phenolic OH excluding ortho intramolecular Hbond substituents is 1. The molecule has 4 N–H and O–H groups in total. The fourth-order valence-corrected chi connectivity index (χ4v) is 2.49. The Kier molecular flexibility index (Phi) is 3.42. The Bertz CT molecular complexity index is 1040. The molecule has 0 fully saturated rings. The molecule has 0 unspecified atom stereocenters. The first kappa shape index (κ1) is 14.9. The Balaban J connectivity index is 1.84. The zero-order chi connectivity index (χ0) is 17.4. The summed E-state index contributed by atoms with van der Waals surface area (Å²) in [6.45, 7) is 0. The van der Waals surface area contributed by atoms with Gasteiger partial charge in [-0.25, -0.2) is 9.07 Å². The molecule has 2 heterocycles. The van der Waals surface area contributed by atoms with Gasteiger partial charge in [0.15, 0.2) is 11.5 Å². The van der Waals surface area contributed by atoms with E-state index in [1.54, 1.807) is 10.9 Å². The van der Waals surface area contributed by atoms with Crippen LogP contribution in [-0.4, -0.2) is 24.9 Å². The second-order valence-corrected chi connectivity index (χ2v) is 5.32. The number of nitrogens with zero attached hydrogens (tertiary/aromatic N) is 4. The van der Waals surface area contributed by atoms with Crippen LogP contribution in [0, 0.1) is 5.82 Å². The van der Waals surface area contributed by atoms with E-state index in [2.05, 4.69) is 20.4 Å². The number of hydrogen-bond acceptors (Lipinski definition) is 6. The number of aromatic hydroxyl groups is 1. The van der Waals surface area contributed by atoms with E-state index in [0.717, 1.165) is 5.69 Å². The van der Waals surface area contributed by atoms with Gasteiger partial charge in [-0.15, -0.1) is 0 Å². The number of nitrogens with one attached hydrogen (secondary N) is 1. The van der Waals surface area contributed by atoms with Crippen molar-refractivity contribution in [3.8, 4) is 11.4 Å². The van der Waals surface area contributed by atoms with Crippen LogP contribution < -0.4 is 11.1 Å². The molecule has 7 nitrogen and oxygen atoms in total. The number of nitrogen functional groups attached to an aromatic ring is 1. The molecule has 0 aliphatic carbocycles. The largest absolute Gasteiger partial charge is 0.506 e. The van der Waals surface area contributed by atoms with Crippen molar-refractivity contribution in [1.29, 1.82) is 0 Å². The van der Waals surface area contributed by atoms with Crippen molar-refractivity contribution < 1.29 is 9.50 Å². The molecular weight excluding hydrogens is 323 g/mol. The molecule has 124 valence electrons. The van der Waals surface area contributed by atoms with Crippen LogP contribution in [0.5, 0.6) is 5.75 Å². The lowest BCUT2D eigenvalue weighted by Crippen LogP contribution is -2.05. The summed E-state index contributed by atoms with van der Waals surface area (Å²) in [6, 6.07) is 13.4. The summed E-state index contributed by atoms with van der Waals surface area (Å²) in [7, 11) is 0. The minimum Gasteiger partial charge on any atom is -0.506 e. The van der Waals surface area contributed by atoms with Gasteiger partial charge in [0, 0.05) is 0 Å². The second kappa shape index (κ2) is 5.75. The number of rotatable bonds is 3. The third-order valence-corrected chi connectivity index (χ3v) is 3.69. The molecule has 25 heavy (non-hydrogen) atoms. The van der Waals surface area contributed by atoms with E-state index in [1.807, 2.05) is 30.3 Å². The predicted molar refractivity (Wildman–Crippen MR) is 92.4 cm³/mol. The number of aromatic nitrogens is 4. The Labute approximate surface area is 141 Å². The molecule has 0 atom stereocenters. The van der Waals surface area contributed by atoms with Crippen molar-refractivity contribution in [2.75, 3.05) is 11.1 Å². The summed E-state index contributed by atoms with van der Waals surface area (Å²) in [5.41, 5.74) is 7.13. The van der Waals surface area contributed by atoms with Crippen molar-refractivity contribution in [1.82, 2.24) is 19.7 Å². The second-order valence-electron chi connectivity index (χ2n) is 5.32. The number of phenols is 1. The fraction of sp³-hybridized carbons (Fsp3) is 0. The maximum Gasteiger partial charge on any atom is 0.231 e. The molecular formula is C17H13FN6O. The van der Waals surface area contributed by atoms with E-state index in [1.165, 1.54) is 18.2 Å². The lowest BCUT2D eigenvalue weighted by molar-refractivity contribution is 0.472. The number of benzene rings is 2. The van der Waals surface area contributed by atoms with Crippen molar-refractivity contribution >= 4 is 28.5 Å². The molecule has 0 saturated carbocycles. The Morgan fingerprint density at radius 2 is 1.84 bits per heavy atom. The number of nitrogens with two attached hydrogens (primary N) is 1. The van der Waals surface area contributed by atoms with Crippen LogP contribution in [0.1, 0.15) is 0 Å². The maximum absolute atomic E-state index is 13.9. The molecule has 0 aliphatic rings. The van der Waals surface area contributed by atoms with Crippen LogP contribution in [-0.2, 0) is 0 Å². The normalized spacial score (nSPS) is 10.9. The lowest BCUT2D eigenvalue weighted by Gasteiger charge is -2.09. The highest BCUT2D eigenvalue weighted by Gasteiger charge is 2.14. The average molecular weight is 336 g/mol. The summed E-state index contributed by atoms with van der Waals surface area (Å²) in [5.74, 6) is -0.619. The standard InChI is InChI=1S/C17H13FN6O/c18-12-7-4-8-13(25)14(12)21-17-22-15(19)11-9-20-24(16(11)23-17)10-5-2-1-3-6-10/h1-9,25H,(H3,19,21,22,23). The maximum atomic E-state index is 13.9. The molecule has 2 aromatic carbocycles. The molecule has 4 rings (SSSR count). The molecule has 0 aliphatic heterocycles. The average Bonchev–Trinajstić information content (AvgIpc) is 3.04. The summed E-state index contributed by atoms with van der Waals surface area (Å²) in [5, 5.41) is 17.4. The van der Waals surface area contributed by atoms with E-state index in [9.17, 15) is 9.50 Å². The smallest absolute Gasteiger partial charge is 0.231 e. The monoisotopic (exact) mass is 336 g/mol. The van der Waals surface area contributed by atoms with Gasteiger partial charge in [0.05, 0.1) is 17.3 Å². The topological polar surface area (TPSA) is 102 Å². The number of fused-ring (bicyclic) bond motifs is 1. The minimum absolute atomic E-state index is 0.0584. The third kappa shape index (κ3) is 2.59. The van der Waals surface area contributed by atoms with Crippen molar-refractivity contribution in [3.05, 3.63) is 60.5 Å². The van der Waals surface area contributed by atoms with E-state index in [-0.39, 0.29) is 23.2 Å². The van der Waals surface area contributed by atoms with Crippen LogP contribution in [0.25, 0.3) is 16.7 Å². The van der Waals surface area contributed by atoms with Gasteiger partial charge in [0.1, 0.15) is 17.3 Å². The van der Waals surface area contributed by atoms with Gasteiger partial charge in [0.25, 0.3) is 0 Å². The van der Waals surface area contributed by atoms with Crippen LogP contribution in [0.15, 0.2) is 54.7 Å². The highest BCUT2D eigenvalue weighted by molar-refractivity contribution is 5.87. The molecule has 4 aromatic rings. The van der Waals surface area contributed by atoms with Gasteiger partial charge in [-0.2, -0.15) is 15.1 Å². The molecule has 8 heteroatoms. The quantitative estimate of drug-likeness (QED) is 0.497. The molecule has 0 amide bonds. The first-order chi connectivity index (χ1) is 12.1. The fourth-order valence-electron chi connectivity index (χ4n) is 2.49. The summed E-state index contributed by atoms with van der Waals surface area (Å²) in [6.07, 6.45) is 1.57. The minimum atomic E-state index is -0.626. The Hall–Kier alpha value is -3.68. The van der Waals surface area contributed by atoms with Gasteiger partial charge in [-0.1, -0.05) is 24.3 Å². The molecule has 2 aromatic heterocycles. The zero-order valence-electron chi connectivity index (χ0n) is 12.9. The van der Waals surface area contributed by atoms with Crippen LogP contribution >= 0.6 is 0 Å². The van der Waals surface area contributed by atoms with E-state index in [0.29, 0.717) is 11.0 Å². The predicted octanol–water partition coefficient (Wildman–Crippen LogP) is 2.99. The van der Waals surface area contributed by atoms with Gasteiger partial charge < -0.3 is 16.2 Å². The Morgan fingerprint density at radius 1 is 1.04 bits per heavy atom. The van der Waals surface area contributed by atoms with Gasteiger partial charge in [-0.05, 0) is 24.3 Å². The summed E-state index contributed by atoms with van der Waals surface area (Å²) < 4.78 is 15.5. The molecule has 0 bridgehead atoms. The first-order valence-electron chi connectivity index (χ1n) is 7.44. The highest BCUT2D eigenvalue weighted by Crippen LogP contribution is 2.29. The van der Waals surface area contributed by atoms with Gasteiger partial charge in [0.2, 0.25) is 5.95 Å². The van der Waals surface area contributed by atoms with Crippen LogP contribution in [0.2, 0.25) is 0 Å². The van der Waals surface area contributed by atoms with Gasteiger partial charge >= 0.3 is 0 Å². The van der Waals surface area contributed by atoms with Crippen LogP contribution in [0.4, 0.5) is 21.8 Å². The number of anilines is 3. The van der Waals surface area contributed by atoms with Gasteiger partial charge in [-0.3, -0.25) is 0 Å². The molecule has 0 radical (unpaired) electrons. The summed E-state index contributed by atoms with van der Waals surface area (Å²) >= 11 is 0.